The number of rotatable bonds is 50. The standard InChI is InChI=1S/C52H99O9P/c1-3-5-7-9-11-13-15-17-19-21-23-25-26-28-30-32-34-36-38-40-42-44-52(55)61-51(49-60-62(56,57)59-47-50(54)46-53)48-58-45-43-41-39-37-35-33-31-29-27-24-22-20-18-16-14-12-10-8-6-4-2/h12,14,18,20-21,23,50-51,53-54H,3-11,13,15-17,19,22,24-49H2,1-2H3,(H,56,57)/b14-12-,20-18-,23-21-. The van der Waals surface area contributed by atoms with Crippen molar-refractivity contribution in [1.29, 1.82) is 0 Å². The molecule has 366 valence electrons. The van der Waals surface area contributed by atoms with Crippen molar-refractivity contribution in [2.45, 2.75) is 257 Å². The van der Waals surface area contributed by atoms with Crippen LogP contribution in [-0.4, -0.2) is 66.3 Å². The highest BCUT2D eigenvalue weighted by atomic mass is 31.2. The average Bonchev–Trinajstić information content (AvgIpc) is 3.26. The molecule has 0 spiro atoms. The summed E-state index contributed by atoms with van der Waals surface area (Å²) in [5, 5.41) is 18.4. The molecule has 10 heteroatoms. The predicted octanol–water partition coefficient (Wildman–Crippen LogP) is 15.2. The highest BCUT2D eigenvalue weighted by Gasteiger charge is 2.26. The summed E-state index contributed by atoms with van der Waals surface area (Å²) < 4.78 is 33.5. The fourth-order valence-corrected chi connectivity index (χ4v) is 8.11. The molecule has 0 amide bonds. The second-order valence-corrected chi connectivity index (χ2v) is 19.0. The number of carbonyl (C=O) groups excluding carboxylic acids is 1. The van der Waals surface area contributed by atoms with E-state index < -0.39 is 33.2 Å². The summed E-state index contributed by atoms with van der Waals surface area (Å²) in [5.41, 5.74) is 0. The van der Waals surface area contributed by atoms with Gasteiger partial charge in [-0.15, -0.1) is 0 Å². The molecule has 0 aromatic rings. The first kappa shape index (κ1) is 60.7. The average molecular weight is 899 g/mol. The Bertz CT molecular complexity index is 1060. The van der Waals surface area contributed by atoms with Gasteiger partial charge in [0.25, 0.3) is 0 Å². The van der Waals surface area contributed by atoms with Gasteiger partial charge in [0, 0.05) is 13.0 Å². The van der Waals surface area contributed by atoms with E-state index in [1.54, 1.807) is 0 Å². The van der Waals surface area contributed by atoms with Crippen LogP contribution in [0, 0.1) is 0 Å². The highest BCUT2D eigenvalue weighted by molar-refractivity contribution is 7.47. The van der Waals surface area contributed by atoms with Crippen LogP contribution in [-0.2, 0) is 27.9 Å². The number of aliphatic hydroxyl groups is 2. The van der Waals surface area contributed by atoms with Gasteiger partial charge in [0.1, 0.15) is 12.2 Å². The summed E-state index contributed by atoms with van der Waals surface area (Å²) in [6.45, 7) is 3.53. The number of hydrogen-bond donors (Lipinski definition) is 3. The Balaban J connectivity index is 4.06. The molecule has 9 nitrogen and oxygen atoms in total. The van der Waals surface area contributed by atoms with Crippen molar-refractivity contribution in [2.24, 2.45) is 0 Å². The molecule has 3 atom stereocenters. The monoisotopic (exact) mass is 899 g/mol. The Kier molecular flexibility index (Phi) is 48.1. The van der Waals surface area contributed by atoms with Crippen molar-refractivity contribution in [1.82, 2.24) is 0 Å². The van der Waals surface area contributed by atoms with Gasteiger partial charge in [0.15, 0.2) is 0 Å². The van der Waals surface area contributed by atoms with E-state index in [0.717, 1.165) is 44.9 Å². The van der Waals surface area contributed by atoms with Crippen LogP contribution in [0.2, 0.25) is 0 Å². The lowest BCUT2D eigenvalue weighted by Gasteiger charge is -2.20. The molecule has 3 unspecified atom stereocenters. The van der Waals surface area contributed by atoms with Crippen molar-refractivity contribution in [3.63, 3.8) is 0 Å². The highest BCUT2D eigenvalue weighted by Crippen LogP contribution is 2.43. The lowest BCUT2D eigenvalue weighted by Crippen LogP contribution is -2.29. The smallest absolute Gasteiger partial charge is 0.457 e. The Morgan fingerprint density at radius 2 is 0.871 bits per heavy atom. The molecule has 0 aromatic carbocycles. The minimum Gasteiger partial charge on any atom is -0.457 e. The van der Waals surface area contributed by atoms with Crippen molar-refractivity contribution in [3.8, 4) is 0 Å². The lowest BCUT2D eigenvalue weighted by molar-refractivity contribution is -0.154. The predicted molar refractivity (Wildman–Crippen MR) is 261 cm³/mol. The van der Waals surface area contributed by atoms with Crippen LogP contribution in [0.5, 0.6) is 0 Å². The quantitative estimate of drug-likeness (QED) is 0.0236. The van der Waals surface area contributed by atoms with Crippen molar-refractivity contribution in [2.75, 3.05) is 33.0 Å². The normalized spacial score (nSPS) is 14.1. The fraction of sp³-hybridized carbons (Fsp3) is 0.865. The van der Waals surface area contributed by atoms with Crippen molar-refractivity contribution < 1.29 is 43.0 Å². The molecule has 0 aliphatic carbocycles. The van der Waals surface area contributed by atoms with E-state index in [-0.39, 0.29) is 25.6 Å². The van der Waals surface area contributed by atoms with Crippen LogP contribution >= 0.6 is 7.82 Å². The Morgan fingerprint density at radius 1 is 0.500 bits per heavy atom. The molecular weight excluding hydrogens is 800 g/mol. The van der Waals surface area contributed by atoms with E-state index in [0.29, 0.717) is 6.61 Å². The summed E-state index contributed by atoms with van der Waals surface area (Å²) >= 11 is 0. The van der Waals surface area contributed by atoms with Crippen LogP contribution in [0.1, 0.15) is 245 Å². The second-order valence-electron chi connectivity index (χ2n) is 17.5. The van der Waals surface area contributed by atoms with Crippen LogP contribution in [0.4, 0.5) is 0 Å². The number of carbonyl (C=O) groups is 1. The number of phosphoric ester groups is 1. The Labute approximate surface area is 382 Å². The molecule has 0 heterocycles. The van der Waals surface area contributed by atoms with Gasteiger partial charge in [-0.2, -0.15) is 0 Å². The third-order valence-corrected chi connectivity index (χ3v) is 12.2. The van der Waals surface area contributed by atoms with Gasteiger partial charge in [-0.3, -0.25) is 13.8 Å². The zero-order valence-corrected chi connectivity index (χ0v) is 41.2. The van der Waals surface area contributed by atoms with Gasteiger partial charge in [0.2, 0.25) is 0 Å². The van der Waals surface area contributed by atoms with E-state index in [1.165, 1.54) is 180 Å². The van der Waals surface area contributed by atoms with Crippen LogP contribution in [0.3, 0.4) is 0 Å². The minimum atomic E-state index is -4.52. The van der Waals surface area contributed by atoms with Gasteiger partial charge < -0.3 is 24.6 Å². The van der Waals surface area contributed by atoms with Gasteiger partial charge in [-0.25, -0.2) is 4.57 Å². The molecule has 0 radical (unpaired) electrons. The largest absolute Gasteiger partial charge is 0.472 e. The van der Waals surface area contributed by atoms with E-state index in [4.69, 9.17) is 23.6 Å². The molecule has 0 rings (SSSR count). The van der Waals surface area contributed by atoms with Crippen LogP contribution in [0.25, 0.3) is 0 Å². The number of hydrogen-bond acceptors (Lipinski definition) is 8. The summed E-state index contributed by atoms with van der Waals surface area (Å²) in [4.78, 5) is 22.7. The molecule has 0 saturated carbocycles. The maximum atomic E-state index is 12.7. The maximum absolute atomic E-state index is 12.7. The van der Waals surface area contributed by atoms with E-state index in [1.807, 2.05) is 0 Å². The number of aliphatic hydroxyl groups excluding tert-OH is 2. The summed E-state index contributed by atoms with van der Waals surface area (Å²) in [5.74, 6) is -0.383. The molecule has 3 N–H and O–H groups in total. The molecule has 0 saturated heterocycles. The first-order valence-corrected chi connectivity index (χ1v) is 27.5. The van der Waals surface area contributed by atoms with Crippen molar-refractivity contribution >= 4 is 13.8 Å². The number of ether oxygens (including phenoxy) is 2. The summed E-state index contributed by atoms with van der Waals surface area (Å²) in [6.07, 6.45) is 55.4. The second kappa shape index (κ2) is 49.1. The molecule has 0 aromatic heterocycles. The fourth-order valence-electron chi connectivity index (χ4n) is 7.32. The number of esters is 1. The van der Waals surface area contributed by atoms with Gasteiger partial charge in [-0.1, -0.05) is 204 Å². The van der Waals surface area contributed by atoms with E-state index >= 15 is 0 Å². The Hall–Kier alpha value is -1.32. The van der Waals surface area contributed by atoms with E-state index in [2.05, 4.69) is 50.3 Å². The third kappa shape index (κ3) is 48.1. The number of allylic oxidation sites excluding steroid dienone is 6. The van der Waals surface area contributed by atoms with Crippen LogP contribution in [0.15, 0.2) is 36.5 Å². The molecule has 0 fully saturated rings. The minimum absolute atomic E-state index is 0.0482. The topological polar surface area (TPSA) is 132 Å². The SMILES string of the molecule is CCCCC/C=C\C/C=C\CCCCCCCCCCCCOCC(COP(=O)(O)OCC(O)CO)OC(=O)CCCCCCCCCCC/C=C\CCCCCCCCCC. The molecular formula is C52H99O9P. The van der Waals surface area contributed by atoms with Crippen molar-refractivity contribution in [3.05, 3.63) is 36.5 Å². The zero-order chi connectivity index (χ0) is 45.3. The molecule has 0 aliphatic heterocycles. The van der Waals surface area contributed by atoms with Crippen LogP contribution < -0.4 is 0 Å². The first-order chi connectivity index (χ1) is 30.3. The lowest BCUT2D eigenvalue weighted by atomic mass is 10.1. The number of unbranched alkanes of at least 4 members (excludes halogenated alkanes) is 30. The maximum Gasteiger partial charge on any atom is 0.472 e. The van der Waals surface area contributed by atoms with Gasteiger partial charge in [-0.05, 0) is 70.6 Å². The van der Waals surface area contributed by atoms with Gasteiger partial charge >= 0.3 is 13.8 Å². The van der Waals surface area contributed by atoms with E-state index in [9.17, 15) is 19.4 Å². The molecule has 0 aliphatic rings. The summed E-state index contributed by atoms with van der Waals surface area (Å²) in [7, 11) is -4.52. The number of phosphoric acid groups is 1. The zero-order valence-electron chi connectivity index (χ0n) is 40.3. The van der Waals surface area contributed by atoms with Gasteiger partial charge in [0.05, 0.1) is 26.4 Å². The molecule has 62 heavy (non-hydrogen) atoms. The Morgan fingerprint density at radius 3 is 1.34 bits per heavy atom. The first-order valence-electron chi connectivity index (χ1n) is 26.0. The molecule has 0 bridgehead atoms. The summed E-state index contributed by atoms with van der Waals surface area (Å²) in [6, 6.07) is 0. The third-order valence-electron chi connectivity index (χ3n) is 11.3.